The topological polar surface area (TPSA) is 45.1 Å². The van der Waals surface area contributed by atoms with Gasteiger partial charge in [-0.25, -0.2) is 0 Å². The summed E-state index contributed by atoms with van der Waals surface area (Å²) in [5, 5.41) is 12.1. The lowest BCUT2D eigenvalue weighted by molar-refractivity contribution is 0.273. The van der Waals surface area contributed by atoms with Crippen molar-refractivity contribution in [2.75, 3.05) is 13.1 Å². The molecule has 0 spiro atoms. The highest BCUT2D eigenvalue weighted by Gasteiger charge is 2.21. The summed E-state index contributed by atoms with van der Waals surface area (Å²) < 4.78 is 5.83. The number of ether oxygens (including phenoxy) is 1. The van der Waals surface area contributed by atoms with E-state index in [-0.39, 0.29) is 0 Å². The third-order valence-electron chi connectivity index (χ3n) is 4.43. The quantitative estimate of drug-likeness (QED) is 0.394. The highest BCUT2D eigenvalue weighted by atomic mass is 16.5. The van der Waals surface area contributed by atoms with E-state index < -0.39 is 0 Å². The van der Waals surface area contributed by atoms with Crippen LogP contribution in [0.25, 0.3) is 0 Å². The van der Waals surface area contributed by atoms with Crippen molar-refractivity contribution in [1.82, 2.24) is 4.90 Å². The van der Waals surface area contributed by atoms with Crippen molar-refractivity contribution >= 4 is 5.84 Å². The molecule has 1 fully saturated rings. The summed E-state index contributed by atoms with van der Waals surface area (Å²) in [6.07, 6.45) is 2.15. The Bertz CT molecular complexity index is 645. The average Bonchev–Trinajstić information content (AvgIpc) is 2.63. The van der Waals surface area contributed by atoms with Gasteiger partial charge in [-0.05, 0) is 55.5 Å². The summed E-state index contributed by atoms with van der Waals surface area (Å²) in [7, 11) is 0. The van der Waals surface area contributed by atoms with E-state index in [1.165, 1.54) is 5.56 Å². The minimum absolute atomic E-state index is 0.559. The standard InChI is InChI=1S/C19H22N2O2/c1-15(20-22)21-13-11-17(12-14-21)16-7-9-19(10-8-16)23-18-5-3-2-4-6-18/h2-10,17,22H,11-14H2,1H3. The van der Waals surface area contributed by atoms with Gasteiger partial charge in [0.25, 0.3) is 0 Å². The van der Waals surface area contributed by atoms with E-state index in [1.54, 1.807) is 0 Å². The molecule has 2 aromatic carbocycles. The van der Waals surface area contributed by atoms with Crippen LogP contribution >= 0.6 is 0 Å². The van der Waals surface area contributed by atoms with Crippen LogP contribution in [0.2, 0.25) is 0 Å². The highest BCUT2D eigenvalue weighted by Crippen LogP contribution is 2.30. The molecule has 0 aromatic heterocycles. The molecule has 1 heterocycles. The largest absolute Gasteiger partial charge is 0.457 e. The second kappa shape index (κ2) is 7.18. The lowest BCUT2D eigenvalue weighted by atomic mass is 9.89. The first-order valence-corrected chi connectivity index (χ1v) is 8.03. The second-order valence-corrected chi connectivity index (χ2v) is 5.89. The molecule has 1 aliphatic rings. The van der Waals surface area contributed by atoms with E-state index in [0.717, 1.165) is 37.4 Å². The maximum absolute atomic E-state index is 8.85. The van der Waals surface area contributed by atoms with Crippen molar-refractivity contribution in [2.24, 2.45) is 5.16 Å². The first-order valence-electron chi connectivity index (χ1n) is 8.03. The zero-order valence-corrected chi connectivity index (χ0v) is 13.4. The minimum Gasteiger partial charge on any atom is -0.457 e. The Labute approximate surface area is 137 Å². The zero-order chi connectivity index (χ0) is 16.1. The molecule has 0 unspecified atom stereocenters. The fourth-order valence-electron chi connectivity index (χ4n) is 3.03. The Morgan fingerprint density at radius 2 is 1.61 bits per heavy atom. The number of amidine groups is 1. The molecule has 1 saturated heterocycles. The summed E-state index contributed by atoms with van der Waals surface area (Å²) >= 11 is 0. The molecular weight excluding hydrogens is 288 g/mol. The molecule has 4 heteroatoms. The number of oxime groups is 1. The number of piperidine rings is 1. The summed E-state index contributed by atoms with van der Waals surface area (Å²) in [5.74, 6) is 2.98. The van der Waals surface area contributed by atoms with Crippen LogP contribution in [-0.4, -0.2) is 29.0 Å². The van der Waals surface area contributed by atoms with E-state index in [4.69, 9.17) is 9.94 Å². The summed E-state index contributed by atoms with van der Waals surface area (Å²) in [4.78, 5) is 2.13. The van der Waals surface area contributed by atoms with Crippen molar-refractivity contribution < 1.29 is 9.94 Å². The lowest BCUT2D eigenvalue weighted by Gasteiger charge is -2.32. The molecule has 1 N–H and O–H groups in total. The molecule has 0 bridgehead atoms. The van der Waals surface area contributed by atoms with Crippen molar-refractivity contribution in [2.45, 2.75) is 25.7 Å². The number of likely N-dealkylation sites (tertiary alicyclic amines) is 1. The Morgan fingerprint density at radius 1 is 1.00 bits per heavy atom. The van der Waals surface area contributed by atoms with Gasteiger partial charge in [-0.15, -0.1) is 0 Å². The molecular formula is C19H22N2O2. The van der Waals surface area contributed by atoms with Crippen molar-refractivity contribution in [3.63, 3.8) is 0 Å². The predicted octanol–water partition coefficient (Wildman–Crippen LogP) is 4.47. The summed E-state index contributed by atoms with van der Waals surface area (Å²) in [6.45, 7) is 3.71. The third-order valence-corrected chi connectivity index (χ3v) is 4.43. The molecule has 0 radical (unpaired) electrons. The van der Waals surface area contributed by atoms with Gasteiger partial charge in [0.1, 0.15) is 17.3 Å². The first kappa shape index (κ1) is 15.4. The zero-order valence-electron chi connectivity index (χ0n) is 13.4. The van der Waals surface area contributed by atoms with Gasteiger partial charge in [-0.2, -0.15) is 0 Å². The molecule has 3 rings (SSSR count). The maximum atomic E-state index is 8.85. The normalized spacial score (nSPS) is 16.4. The smallest absolute Gasteiger partial charge is 0.141 e. The van der Waals surface area contributed by atoms with Gasteiger partial charge in [0.2, 0.25) is 0 Å². The van der Waals surface area contributed by atoms with Crippen LogP contribution in [0.4, 0.5) is 0 Å². The molecule has 23 heavy (non-hydrogen) atoms. The van der Waals surface area contributed by atoms with E-state index in [1.807, 2.05) is 49.4 Å². The Hall–Kier alpha value is -2.49. The molecule has 4 nitrogen and oxygen atoms in total. The molecule has 2 aromatic rings. The average molecular weight is 310 g/mol. The molecule has 0 atom stereocenters. The van der Waals surface area contributed by atoms with Gasteiger partial charge in [0, 0.05) is 13.1 Å². The molecule has 0 saturated carbocycles. The molecule has 1 aliphatic heterocycles. The fourth-order valence-corrected chi connectivity index (χ4v) is 3.03. The van der Waals surface area contributed by atoms with Crippen LogP contribution in [0.1, 0.15) is 31.2 Å². The van der Waals surface area contributed by atoms with Gasteiger partial charge >= 0.3 is 0 Å². The number of benzene rings is 2. The summed E-state index contributed by atoms with van der Waals surface area (Å²) in [5.41, 5.74) is 1.35. The van der Waals surface area contributed by atoms with Gasteiger partial charge in [-0.1, -0.05) is 35.5 Å². The molecule has 0 amide bonds. The third kappa shape index (κ3) is 3.83. The van der Waals surface area contributed by atoms with Crippen molar-refractivity contribution in [3.05, 3.63) is 60.2 Å². The van der Waals surface area contributed by atoms with Gasteiger partial charge in [0.15, 0.2) is 0 Å². The number of para-hydroxylation sites is 1. The highest BCUT2D eigenvalue weighted by molar-refractivity contribution is 5.79. The van der Waals surface area contributed by atoms with Crippen LogP contribution < -0.4 is 4.74 Å². The Morgan fingerprint density at radius 3 is 2.22 bits per heavy atom. The van der Waals surface area contributed by atoms with E-state index in [9.17, 15) is 0 Å². The molecule has 0 aliphatic carbocycles. The van der Waals surface area contributed by atoms with Crippen molar-refractivity contribution in [3.8, 4) is 11.5 Å². The Balaban J connectivity index is 1.60. The molecule has 120 valence electrons. The lowest BCUT2D eigenvalue weighted by Crippen LogP contribution is -2.36. The first-order chi connectivity index (χ1) is 11.3. The summed E-state index contributed by atoms with van der Waals surface area (Å²) in [6, 6.07) is 18.2. The van der Waals surface area contributed by atoms with Crippen LogP contribution in [-0.2, 0) is 0 Å². The minimum atomic E-state index is 0.559. The second-order valence-electron chi connectivity index (χ2n) is 5.89. The predicted molar refractivity (Wildman–Crippen MR) is 91.4 cm³/mol. The number of nitrogens with zero attached hydrogens (tertiary/aromatic N) is 2. The van der Waals surface area contributed by atoms with Crippen LogP contribution in [0, 0.1) is 0 Å². The van der Waals surface area contributed by atoms with E-state index >= 15 is 0 Å². The maximum Gasteiger partial charge on any atom is 0.141 e. The number of hydrogen-bond acceptors (Lipinski definition) is 3. The SMILES string of the molecule is CC(=NO)N1CCC(c2ccc(Oc3ccccc3)cc2)CC1. The van der Waals surface area contributed by atoms with Crippen molar-refractivity contribution in [1.29, 1.82) is 0 Å². The number of hydrogen-bond donors (Lipinski definition) is 1. The number of rotatable bonds is 3. The van der Waals surface area contributed by atoms with Crippen LogP contribution in [0.3, 0.4) is 0 Å². The van der Waals surface area contributed by atoms with Gasteiger partial charge in [-0.3, -0.25) is 0 Å². The fraction of sp³-hybridized carbons (Fsp3) is 0.316. The van der Waals surface area contributed by atoms with Gasteiger partial charge in [0.05, 0.1) is 0 Å². The van der Waals surface area contributed by atoms with Gasteiger partial charge < -0.3 is 14.8 Å². The van der Waals surface area contributed by atoms with E-state index in [0.29, 0.717) is 11.8 Å². The van der Waals surface area contributed by atoms with Crippen LogP contribution in [0.15, 0.2) is 59.8 Å². The Kier molecular flexibility index (Phi) is 4.81. The monoisotopic (exact) mass is 310 g/mol. The van der Waals surface area contributed by atoms with E-state index in [2.05, 4.69) is 22.2 Å². The van der Waals surface area contributed by atoms with Crippen LogP contribution in [0.5, 0.6) is 11.5 Å².